The third kappa shape index (κ3) is 2.71. The fourth-order valence-electron chi connectivity index (χ4n) is 1.74. The molecule has 0 aliphatic heterocycles. The molecule has 7 heteroatoms. The molecule has 1 aromatic heterocycles. The molecular weight excluding hydrogens is 248 g/mol. The quantitative estimate of drug-likeness (QED) is 0.652. The summed E-state index contributed by atoms with van der Waals surface area (Å²) >= 11 is 0. The van der Waals surface area contributed by atoms with Gasteiger partial charge in [0.1, 0.15) is 5.69 Å². The smallest absolute Gasteiger partial charge is 0.273 e. The molecule has 2 rings (SSSR count). The fourth-order valence-corrected chi connectivity index (χ4v) is 1.74. The van der Waals surface area contributed by atoms with Gasteiger partial charge in [0.15, 0.2) is 5.75 Å². The highest BCUT2D eigenvalue weighted by atomic mass is 16.6. The van der Waals surface area contributed by atoms with E-state index < -0.39 is 4.92 Å². The van der Waals surface area contributed by atoms with E-state index in [-0.39, 0.29) is 5.69 Å². The lowest BCUT2D eigenvalue weighted by molar-refractivity contribution is -0.384. The predicted octanol–water partition coefficient (Wildman–Crippen LogP) is 1.51. The van der Waals surface area contributed by atoms with Gasteiger partial charge in [0, 0.05) is 18.8 Å². The molecule has 19 heavy (non-hydrogen) atoms. The van der Waals surface area contributed by atoms with Crippen molar-refractivity contribution in [2.45, 2.75) is 6.54 Å². The summed E-state index contributed by atoms with van der Waals surface area (Å²) in [5.74, 6) is 0.410. The standard InChI is InChI=1S/C12H14N4O3/c1-13-8-9-5-6-15(14-9)11-4-3-10(16(17)18)7-12(11)19-2/h3-7,13H,8H2,1-2H3. The Morgan fingerprint density at radius 3 is 2.89 bits per heavy atom. The third-order valence-electron chi connectivity index (χ3n) is 2.62. The van der Waals surface area contributed by atoms with Gasteiger partial charge in [-0.25, -0.2) is 4.68 Å². The van der Waals surface area contributed by atoms with Crippen LogP contribution in [-0.4, -0.2) is 28.9 Å². The van der Waals surface area contributed by atoms with E-state index in [1.165, 1.54) is 19.2 Å². The first-order valence-corrected chi connectivity index (χ1v) is 5.67. The van der Waals surface area contributed by atoms with Gasteiger partial charge in [0.2, 0.25) is 0 Å². The molecule has 100 valence electrons. The van der Waals surface area contributed by atoms with E-state index in [1.54, 1.807) is 16.9 Å². The van der Waals surface area contributed by atoms with Crippen molar-refractivity contribution in [3.8, 4) is 11.4 Å². The Hall–Kier alpha value is -2.41. The van der Waals surface area contributed by atoms with E-state index in [9.17, 15) is 10.1 Å². The number of rotatable bonds is 5. The van der Waals surface area contributed by atoms with Crippen LogP contribution < -0.4 is 10.1 Å². The minimum absolute atomic E-state index is 0.0109. The van der Waals surface area contributed by atoms with Gasteiger partial charge < -0.3 is 10.1 Å². The molecule has 0 aliphatic rings. The number of methoxy groups -OCH3 is 1. The van der Waals surface area contributed by atoms with Crippen LogP contribution in [0.4, 0.5) is 5.69 Å². The van der Waals surface area contributed by atoms with Gasteiger partial charge in [0.25, 0.3) is 5.69 Å². The molecule has 1 heterocycles. The van der Waals surface area contributed by atoms with Crippen LogP contribution in [0.1, 0.15) is 5.69 Å². The molecule has 0 spiro atoms. The number of non-ortho nitro benzene ring substituents is 1. The second kappa shape index (κ2) is 5.49. The first-order valence-electron chi connectivity index (χ1n) is 5.67. The molecule has 0 atom stereocenters. The number of hydrogen-bond donors (Lipinski definition) is 1. The van der Waals surface area contributed by atoms with Gasteiger partial charge in [-0.1, -0.05) is 0 Å². The zero-order valence-electron chi connectivity index (χ0n) is 10.7. The number of nitrogens with one attached hydrogen (secondary N) is 1. The van der Waals surface area contributed by atoms with Crippen molar-refractivity contribution in [2.24, 2.45) is 0 Å². The molecule has 0 saturated carbocycles. The van der Waals surface area contributed by atoms with Crippen molar-refractivity contribution in [2.75, 3.05) is 14.2 Å². The topological polar surface area (TPSA) is 82.2 Å². The van der Waals surface area contributed by atoms with E-state index in [0.29, 0.717) is 18.0 Å². The number of nitrogens with zero attached hydrogens (tertiary/aromatic N) is 3. The Bertz CT molecular complexity index is 594. The Morgan fingerprint density at radius 2 is 2.26 bits per heavy atom. The minimum Gasteiger partial charge on any atom is -0.494 e. The van der Waals surface area contributed by atoms with Crippen LogP contribution in [0, 0.1) is 10.1 Å². The van der Waals surface area contributed by atoms with E-state index >= 15 is 0 Å². The summed E-state index contributed by atoms with van der Waals surface area (Å²) in [4.78, 5) is 10.3. The Morgan fingerprint density at radius 1 is 1.47 bits per heavy atom. The number of benzene rings is 1. The Balaban J connectivity index is 2.40. The largest absolute Gasteiger partial charge is 0.494 e. The molecule has 0 saturated heterocycles. The normalized spacial score (nSPS) is 10.4. The number of aromatic nitrogens is 2. The van der Waals surface area contributed by atoms with Crippen molar-refractivity contribution in [1.82, 2.24) is 15.1 Å². The molecule has 1 N–H and O–H groups in total. The second-order valence-electron chi connectivity index (χ2n) is 3.90. The van der Waals surface area contributed by atoms with Crippen LogP contribution in [0.2, 0.25) is 0 Å². The summed E-state index contributed by atoms with van der Waals surface area (Å²) in [6.45, 7) is 0.655. The number of ether oxygens (including phenoxy) is 1. The summed E-state index contributed by atoms with van der Waals surface area (Å²) in [6.07, 6.45) is 1.79. The lowest BCUT2D eigenvalue weighted by Gasteiger charge is -2.08. The van der Waals surface area contributed by atoms with Gasteiger partial charge in [-0.2, -0.15) is 5.10 Å². The maximum atomic E-state index is 10.7. The fraction of sp³-hybridized carbons (Fsp3) is 0.250. The van der Waals surface area contributed by atoms with Crippen molar-refractivity contribution in [1.29, 1.82) is 0 Å². The van der Waals surface area contributed by atoms with Crippen molar-refractivity contribution < 1.29 is 9.66 Å². The maximum absolute atomic E-state index is 10.7. The molecule has 0 fully saturated rings. The van der Waals surface area contributed by atoms with Crippen LogP contribution in [-0.2, 0) is 6.54 Å². The number of hydrogen-bond acceptors (Lipinski definition) is 5. The van der Waals surface area contributed by atoms with Crippen molar-refractivity contribution in [3.05, 3.63) is 46.3 Å². The average Bonchev–Trinajstić information content (AvgIpc) is 2.86. The monoisotopic (exact) mass is 262 g/mol. The Labute approximate surface area is 110 Å². The van der Waals surface area contributed by atoms with E-state index in [4.69, 9.17) is 4.74 Å². The van der Waals surface area contributed by atoms with Crippen LogP contribution in [0.25, 0.3) is 5.69 Å². The van der Waals surface area contributed by atoms with E-state index in [1.807, 2.05) is 13.1 Å². The molecular formula is C12H14N4O3. The molecule has 0 radical (unpaired) electrons. The summed E-state index contributed by atoms with van der Waals surface area (Å²) in [7, 11) is 3.31. The zero-order chi connectivity index (χ0) is 13.8. The lowest BCUT2D eigenvalue weighted by Crippen LogP contribution is -2.07. The average molecular weight is 262 g/mol. The van der Waals surface area contributed by atoms with Gasteiger partial charge in [0.05, 0.1) is 23.8 Å². The molecule has 7 nitrogen and oxygen atoms in total. The summed E-state index contributed by atoms with van der Waals surface area (Å²) in [5, 5.41) is 18.1. The molecule has 2 aromatic rings. The van der Waals surface area contributed by atoms with Crippen LogP contribution in [0.3, 0.4) is 0 Å². The molecule has 0 aliphatic carbocycles. The van der Waals surface area contributed by atoms with Crippen molar-refractivity contribution in [3.63, 3.8) is 0 Å². The van der Waals surface area contributed by atoms with Crippen LogP contribution >= 0.6 is 0 Å². The summed E-state index contributed by atoms with van der Waals surface area (Å²) < 4.78 is 6.81. The third-order valence-corrected chi connectivity index (χ3v) is 2.62. The molecule has 0 unspecified atom stereocenters. The molecule has 1 aromatic carbocycles. The SMILES string of the molecule is CNCc1ccn(-c2ccc([N+](=O)[O-])cc2OC)n1. The maximum Gasteiger partial charge on any atom is 0.273 e. The minimum atomic E-state index is -0.457. The van der Waals surface area contributed by atoms with Crippen molar-refractivity contribution >= 4 is 5.69 Å². The van der Waals surface area contributed by atoms with Crippen LogP contribution in [0.15, 0.2) is 30.5 Å². The van der Waals surface area contributed by atoms with Gasteiger partial charge in [-0.05, 0) is 19.2 Å². The second-order valence-corrected chi connectivity index (χ2v) is 3.90. The number of nitro groups is 1. The van der Waals surface area contributed by atoms with E-state index in [2.05, 4.69) is 10.4 Å². The zero-order valence-corrected chi connectivity index (χ0v) is 10.7. The Kier molecular flexibility index (Phi) is 3.76. The molecule has 0 bridgehead atoms. The first kappa shape index (κ1) is 13.0. The highest BCUT2D eigenvalue weighted by molar-refractivity contribution is 5.52. The van der Waals surface area contributed by atoms with Crippen LogP contribution in [0.5, 0.6) is 5.75 Å². The highest BCUT2D eigenvalue weighted by Crippen LogP contribution is 2.27. The highest BCUT2D eigenvalue weighted by Gasteiger charge is 2.13. The van der Waals surface area contributed by atoms with E-state index in [0.717, 1.165) is 5.69 Å². The molecule has 0 amide bonds. The summed E-state index contributed by atoms with van der Waals surface area (Å²) in [6, 6.07) is 6.30. The number of nitro benzene ring substituents is 1. The first-order chi connectivity index (χ1) is 9.15. The van der Waals surface area contributed by atoms with Gasteiger partial charge in [-0.3, -0.25) is 10.1 Å². The summed E-state index contributed by atoms with van der Waals surface area (Å²) in [5.41, 5.74) is 1.53. The van der Waals surface area contributed by atoms with Gasteiger partial charge >= 0.3 is 0 Å². The van der Waals surface area contributed by atoms with Gasteiger partial charge in [-0.15, -0.1) is 0 Å². The predicted molar refractivity (Wildman–Crippen MR) is 69.5 cm³/mol. The lowest BCUT2D eigenvalue weighted by atomic mass is 10.2.